The lowest BCUT2D eigenvalue weighted by molar-refractivity contribution is 0.474. The Morgan fingerprint density at radius 3 is 2.81 bits per heavy atom. The molecule has 1 aromatic rings. The standard InChI is InChI=1S/C9H11N3O2S2/c10-5-8-1-2-9(15-8)16(13,14)12-4-3-7(11)6-12/h1-2,7H,3-4,6,11H2/t7-/m1/s1. The zero-order chi connectivity index (χ0) is 11.8. The Hall–Kier alpha value is -0.940. The van der Waals surface area contributed by atoms with Crippen LogP contribution in [0.3, 0.4) is 0 Å². The van der Waals surface area contributed by atoms with Gasteiger partial charge >= 0.3 is 0 Å². The second kappa shape index (κ2) is 4.14. The summed E-state index contributed by atoms with van der Waals surface area (Å²) in [6.07, 6.45) is 0.690. The summed E-state index contributed by atoms with van der Waals surface area (Å²) in [7, 11) is -3.44. The number of thiophene rings is 1. The van der Waals surface area contributed by atoms with Crippen LogP contribution in [0, 0.1) is 11.3 Å². The maximum absolute atomic E-state index is 12.1. The zero-order valence-corrected chi connectivity index (χ0v) is 10.1. The molecule has 0 amide bonds. The lowest BCUT2D eigenvalue weighted by atomic mass is 10.3. The van der Waals surface area contributed by atoms with Crippen LogP contribution in [0.25, 0.3) is 0 Å². The van der Waals surface area contributed by atoms with Crippen LogP contribution in [0.2, 0.25) is 0 Å². The van der Waals surface area contributed by atoms with E-state index in [0.717, 1.165) is 11.3 Å². The molecule has 1 fully saturated rings. The van der Waals surface area contributed by atoms with Crippen molar-refractivity contribution in [3.8, 4) is 6.07 Å². The Morgan fingerprint density at radius 1 is 1.56 bits per heavy atom. The van der Waals surface area contributed by atoms with E-state index in [4.69, 9.17) is 11.0 Å². The van der Waals surface area contributed by atoms with Gasteiger partial charge in [-0.25, -0.2) is 8.42 Å². The molecule has 0 bridgehead atoms. The van der Waals surface area contributed by atoms with Gasteiger partial charge in [0.1, 0.15) is 15.2 Å². The number of hydrogen-bond donors (Lipinski definition) is 1. The van der Waals surface area contributed by atoms with Crippen molar-refractivity contribution in [3.63, 3.8) is 0 Å². The van der Waals surface area contributed by atoms with Gasteiger partial charge < -0.3 is 5.73 Å². The monoisotopic (exact) mass is 257 g/mol. The van der Waals surface area contributed by atoms with E-state index >= 15 is 0 Å². The largest absolute Gasteiger partial charge is 0.326 e. The predicted molar refractivity (Wildman–Crippen MR) is 60.4 cm³/mol. The van der Waals surface area contributed by atoms with Crippen molar-refractivity contribution in [1.82, 2.24) is 4.31 Å². The first-order valence-corrected chi connectivity index (χ1v) is 7.05. The first kappa shape index (κ1) is 11.5. The normalized spacial score (nSPS) is 22.1. The predicted octanol–water partition coefficient (Wildman–Crippen LogP) is 0.341. The lowest BCUT2D eigenvalue weighted by Gasteiger charge is -2.13. The van der Waals surface area contributed by atoms with Crippen LogP contribution >= 0.6 is 11.3 Å². The molecule has 1 aliphatic rings. The topological polar surface area (TPSA) is 87.2 Å². The molecule has 86 valence electrons. The molecule has 1 saturated heterocycles. The third kappa shape index (κ3) is 1.97. The molecule has 2 rings (SSSR count). The van der Waals surface area contributed by atoms with Gasteiger partial charge in [-0.3, -0.25) is 0 Å². The minimum atomic E-state index is -3.44. The molecule has 0 radical (unpaired) electrons. The summed E-state index contributed by atoms with van der Waals surface area (Å²) < 4.78 is 25.8. The Kier molecular flexibility index (Phi) is 2.99. The fourth-order valence-corrected chi connectivity index (χ4v) is 4.39. The third-order valence-corrected chi connectivity index (χ3v) is 5.80. The lowest BCUT2D eigenvalue weighted by Crippen LogP contribution is -2.31. The molecule has 2 N–H and O–H groups in total. The summed E-state index contributed by atoms with van der Waals surface area (Å²) in [5.41, 5.74) is 5.68. The quantitative estimate of drug-likeness (QED) is 0.827. The van der Waals surface area contributed by atoms with E-state index in [-0.39, 0.29) is 10.3 Å². The SMILES string of the molecule is N#Cc1ccc(S(=O)(=O)N2CC[C@@H](N)C2)s1. The first-order chi connectivity index (χ1) is 7.54. The van der Waals surface area contributed by atoms with E-state index < -0.39 is 10.0 Å². The number of nitrogens with two attached hydrogens (primary N) is 1. The number of nitrogens with zero attached hydrogens (tertiary/aromatic N) is 2. The van der Waals surface area contributed by atoms with E-state index in [2.05, 4.69) is 0 Å². The smallest absolute Gasteiger partial charge is 0.252 e. The zero-order valence-electron chi connectivity index (χ0n) is 8.46. The van der Waals surface area contributed by atoms with Crippen molar-refractivity contribution >= 4 is 21.4 Å². The fraction of sp³-hybridized carbons (Fsp3) is 0.444. The molecule has 0 saturated carbocycles. The second-order valence-corrected chi connectivity index (χ2v) is 6.89. The van der Waals surface area contributed by atoms with E-state index in [1.807, 2.05) is 6.07 Å². The highest BCUT2D eigenvalue weighted by molar-refractivity contribution is 7.91. The summed E-state index contributed by atoms with van der Waals surface area (Å²) in [6.45, 7) is 0.825. The Bertz CT molecular complexity index is 529. The van der Waals surface area contributed by atoms with E-state index in [1.165, 1.54) is 16.4 Å². The van der Waals surface area contributed by atoms with Crippen LogP contribution in [-0.4, -0.2) is 31.9 Å². The minimum absolute atomic E-state index is 0.0785. The molecule has 7 heteroatoms. The van der Waals surface area contributed by atoms with E-state index in [1.54, 1.807) is 0 Å². The van der Waals surface area contributed by atoms with Crippen molar-refractivity contribution in [3.05, 3.63) is 17.0 Å². The van der Waals surface area contributed by atoms with Crippen LogP contribution < -0.4 is 5.73 Å². The average Bonchev–Trinajstić information content (AvgIpc) is 2.85. The molecule has 16 heavy (non-hydrogen) atoms. The van der Waals surface area contributed by atoms with Crippen LogP contribution in [0.15, 0.2) is 16.3 Å². The van der Waals surface area contributed by atoms with Gasteiger partial charge in [0, 0.05) is 19.1 Å². The minimum Gasteiger partial charge on any atom is -0.326 e. The summed E-state index contributed by atoms with van der Waals surface area (Å²) in [5, 5.41) is 8.66. The highest BCUT2D eigenvalue weighted by Crippen LogP contribution is 2.26. The molecule has 0 aliphatic carbocycles. The number of hydrogen-bond acceptors (Lipinski definition) is 5. The van der Waals surface area contributed by atoms with Gasteiger partial charge in [0.05, 0.1) is 0 Å². The summed E-state index contributed by atoms with van der Waals surface area (Å²) >= 11 is 0.996. The van der Waals surface area contributed by atoms with Gasteiger partial charge in [-0.2, -0.15) is 9.57 Å². The van der Waals surface area contributed by atoms with Crippen LogP contribution in [0.4, 0.5) is 0 Å². The van der Waals surface area contributed by atoms with E-state index in [9.17, 15) is 8.42 Å². The summed E-state index contributed by atoms with van der Waals surface area (Å²) in [4.78, 5) is 0.405. The van der Waals surface area contributed by atoms with Gasteiger partial charge in [-0.05, 0) is 18.6 Å². The van der Waals surface area contributed by atoms with Gasteiger partial charge in [0.2, 0.25) is 0 Å². The molecule has 1 aromatic heterocycles. The first-order valence-electron chi connectivity index (χ1n) is 4.79. The molecular weight excluding hydrogens is 246 g/mol. The highest BCUT2D eigenvalue weighted by atomic mass is 32.2. The molecule has 1 atom stereocenters. The van der Waals surface area contributed by atoms with Gasteiger partial charge in [-0.1, -0.05) is 0 Å². The summed E-state index contributed by atoms with van der Waals surface area (Å²) in [5.74, 6) is 0. The highest BCUT2D eigenvalue weighted by Gasteiger charge is 2.31. The molecule has 2 heterocycles. The molecular formula is C9H11N3O2S2. The molecule has 1 aliphatic heterocycles. The van der Waals surface area contributed by atoms with E-state index in [0.29, 0.717) is 24.4 Å². The van der Waals surface area contributed by atoms with Crippen molar-refractivity contribution in [2.75, 3.05) is 13.1 Å². The van der Waals surface area contributed by atoms with Crippen molar-refractivity contribution in [1.29, 1.82) is 5.26 Å². The third-order valence-electron chi connectivity index (χ3n) is 2.47. The molecule has 0 spiro atoms. The van der Waals surface area contributed by atoms with Crippen molar-refractivity contribution < 1.29 is 8.42 Å². The Labute approximate surface area is 98.1 Å². The number of rotatable bonds is 2. The summed E-state index contributed by atoms with van der Waals surface area (Å²) in [6, 6.07) is 4.85. The maximum atomic E-state index is 12.1. The van der Waals surface area contributed by atoms with Crippen LogP contribution in [0.5, 0.6) is 0 Å². The Balaban J connectivity index is 2.29. The average molecular weight is 257 g/mol. The fourth-order valence-electron chi connectivity index (χ4n) is 1.62. The second-order valence-electron chi connectivity index (χ2n) is 3.64. The molecule has 0 aromatic carbocycles. The maximum Gasteiger partial charge on any atom is 0.252 e. The van der Waals surface area contributed by atoms with Crippen molar-refractivity contribution in [2.45, 2.75) is 16.7 Å². The molecule has 5 nitrogen and oxygen atoms in total. The van der Waals surface area contributed by atoms with Gasteiger partial charge in [0.25, 0.3) is 10.0 Å². The van der Waals surface area contributed by atoms with Crippen LogP contribution in [-0.2, 0) is 10.0 Å². The number of sulfonamides is 1. The van der Waals surface area contributed by atoms with Crippen LogP contribution in [0.1, 0.15) is 11.3 Å². The Morgan fingerprint density at radius 2 is 2.31 bits per heavy atom. The van der Waals surface area contributed by atoms with Gasteiger partial charge in [0.15, 0.2) is 0 Å². The number of nitriles is 1. The van der Waals surface area contributed by atoms with Crippen molar-refractivity contribution in [2.24, 2.45) is 5.73 Å². The molecule has 0 unspecified atom stereocenters. The van der Waals surface area contributed by atoms with Gasteiger partial charge in [-0.15, -0.1) is 11.3 Å².